The van der Waals surface area contributed by atoms with Crippen molar-refractivity contribution in [2.45, 2.75) is 13.0 Å². The zero-order valence-electron chi connectivity index (χ0n) is 8.86. The van der Waals surface area contributed by atoms with Gasteiger partial charge in [0, 0.05) is 11.4 Å². The third-order valence-corrected chi connectivity index (χ3v) is 3.27. The van der Waals surface area contributed by atoms with Gasteiger partial charge in [0.1, 0.15) is 5.75 Å². The highest BCUT2D eigenvalue weighted by Gasteiger charge is 2.13. The van der Waals surface area contributed by atoms with E-state index in [0.717, 1.165) is 22.4 Å². The van der Waals surface area contributed by atoms with Gasteiger partial charge in [-0.05, 0) is 31.2 Å². The van der Waals surface area contributed by atoms with Crippen LogP contribution in [0.3, 0.4) is 0 Å². The molecule has 1 aliphatic rings. The summed E-state index contributed by atoms with van der Waals surface area (Å²) in [6, 6.07) is 8.28. The minimum Gasteiger partial charge on any atom is -0.497 e. The predicted octanol–water partition coefficient (Wildman–Crippen LogP) is 2.60. The van der Waals surface area contributed by atoms with Crippen LogP contribution in [0.4, 0.5) is 5.69 Å². The van der Waals surface area contributed by atoms with Gasteiger partial charge in [-0.1, -0.05) is 11.8 Å². The van der Waals surface area contributed by atoms with E-state index >= 15 is 0 Å². The molecule has 0 radical (unpaired) electrons. The quantitative estimate of drug-likeness (QED) is 0.835. The number of ether oxygens (including phenoxy) is 1. The Morgan fingerprint density at radius 3 is 2.67 bits per heavy atom. The standard InChI is InChI=1S/C11H14N2OS/c1-8-7-15-11(12-8)13-9-3-5-10(14-2)6-4-9/h3-6,8H,7H2,1-2H3,(H,12,13). The molecule has 3 nitrogen and oxygen atoms in total. The van der Waals surface area contributed by atoms with Crippen LogP contribution in [-0.2, 0) is 0 Å². The molecule has 1 aliphatic heterocycles. The fourth-order valence-corrected chi connectivity index (χ4v) is 2.26. The maximum absolute atomic E-state index is 5.09. The Hall–Kier alpha value is -1.16. The molecule has 0 aromatic heterocycles. The number of thioether (sulfide) groups is 1. The Morgan fingerprint density at radius 1 is 1.40 bits per heavy atom. The normalized spacial score (nSPS) is 19.9. The number of methoxy groups -OCH3 is 1. The summed E-state index contributed by atoms with van der Waals surface area (Å²) in [6.45, 7) is 2.12. The molecule has 0 spiro atoms. The lowest BCUT2D eigenvalue weighted by Gasteiger charge is -2.05. The average molecular weight is 222 g/mol. The van der Waals surface area contributed by atoms with E-state index < -0.39 is 0 Å². The molecular formula is C11H14N2OS. The second-order valence-corrected chi connectivity index (χ2v) is 4.46. The second kappa shape index (κ2) is 4.57. The maximum atomic E-state index is 5.09. The van der Waals surface area contributed by atoms with Crippen molar-refractivity contribution in [3.8, 4) is 5.75 Å². The van der Waals surface area contributed by atoms with Crippen molar-refractivity contribution in [3.63, 3.8) is 0 Å². The monoisotopic (exact) mass is 222 g/mol. The number of hydrogen-bond donors (Lipinski definition) is 1. The molecular weight excluding hydrogens is 208 g/mol. The highest BCUT2D eigenvalue weighted by molar-refractivity contribution is 8.14. The van der Waals surface area contributed by atoms with Gasteiger partial charge >= 0.3 is 0 Å². The van der Waals surface area contributed by atoms with Crippen molar-refractivity contribution in [2.75, 3.05) is 18.2 Å². The average Bonchev–Trinajstić information content (AvgIpc) is 2.65. The number of nitrogens with zero attached hydrogens (tertiary/aromatic N) is 1. The van der Waals surface area contributed by atoms with E-state index in [0.29, 0.717) is 6.04 Å². The molecule has 0 saturated heterocycles. The summed E-state index contributed by atoms with van der Waals surface area (Å²) >= 11 is 1.76. The van der Waals surface area contributed by atoms with Gasteiger partial charge in [-0.3, -0.25) is 4.99 Å². The van der Waals surface area contributed by atoms with Gasteiger partial charge in [-0.15, -0.1) is 0 Å². The lowest BCUT2D eigenvalue weighted by molar-refractivity contribution is 0.415. The van der Waals surface area contributed by atoms with Crippen molar-refractivity contribution in [1.82, 2.24) is 0 Å². The largest absolute Gasteiger partial charge is 0.497 e. The van der Waals surface area contributed by atoms with E-state index in [9.17, 15) is 0 Å². The third kappa shape index (κ3) is 2.65. The Morgan fingerprint density at radius 2 is 2.13 bits per heavy atom. The molecule has 1 heterocycles. The number of hydrogen-bond acceptors (Lipinski definition) is 4. The zero-order chi connectivity index (χ0) is 10.7. The van der Waals surface area contributed by atoms with Gasteiger partial charge in [0.05, 0.1) is 13.2 Å². The number of rotatable bonds is 2. The highest BCUT2D eigenvalue weighted by atomic mass is 32.2. The Labute approximate surface area is 93.9 Å². The Kier molecular flexibility index (Phi) is 3.16. The minimum absolute atomic E-state index is 0.427. The number of aliphatic imine (C=N–C) groups is 1. The zero-order valence-corrected chi connectivity index (χ0v) is 9.67. The SMILES string of the molecule is COc1ccc(NC2=NC(C)CS2)cc1. The summed E-state index contributed by atoms with van der Waals surface area (Å²) in [6.07, 6.45) is 0. The summed E-state index contributed by atoms with van der Waals surface area (Å²) in [5.41, 5.74) is 1.05. The van der Waals surface area contributed by atoms with Crippen LogP contribution in [0.5, 0.6) is 5.75 Å². The summed E-state index contributed by atoms with van der Waals surface area (Å²) in [4.78, 5) is 4.46. The lowest BCUT2D eigenvalue weighted by atomic mass is 10.3. The van der Waals surface area contributed by atoms with E-state index in [1.54, 1.807) is 18.9 Å². The van der Waals surface area contributed by atoms with Gasteiger partial charge in [0.2, 0.25) is 0 Å². The molecule has 1 aromatic carbocycles. The summed E-state index contributed by atoms with van der Waals surface area (Å²) in [7, 11) is 1.67. The molecule has 0 fully saturated rings. The number of nitrogens with one attached hydrogen (secondary N) is 1. The first-order chi connectivity index (χ1) is 7.28. The van der Waals surface area contributed by atoms with Gasteiger partial charge < -0.3 is 10.1 Å². The number of amidine groups is 1. The second-order valence-electron chi connectivity index (χ2n) is 3.45. The van der Waals surface area contributed by atoms with Crippen LogP contribution in [0, 0.1) is 0 Å². The maximum Gasteiger partial charge on any atom is 0.161 e. The Balaban J connectivity index is 2.02. The first-order valence-corrected chi connectivity index (χ1v) is 5.88. The molecule has 0 amide bonds. The first kappa shape index (κ1) is 10.4. The van der Waals surface area contributed by atoms with E-state index in [1.807, 2.05) is 24.3 Å². The fourth-order valence-electron chi connectivity index (χ4n) is 1.34. The number of benzene rings is 1. The van der Waals surface area contributed by atoms with Gasteiger partial charge in [-0.2, -0.15) is 0 Å². The molecule has 15 heavy (non-hydrogen) atoms. The van der Waals surface area contributed by atoms with Crippen molar-refractivity contribution >= 4 is 22.6 Å². The molecule has 0 saturated carbocycles. The van der Waals surface area contributed by atoms with Crippen molar-refractivity contribution < 1.29 is 4.74 Å². The highest BCUT2D eigenvalue weighted by Crippen LogP contribution is 2.21. The topological polar surface area (TPSA) is 33.6 Å². The van der Waals surface area contributed by atoms with Crippen LogP contribution in [0.25, 0.3) is 0 Å². The van der Waals surface area contributed by atoms with E-state index in [1.165, 1.54) is 0 Å². The van der Waals surface area contributed by atoms with Crippen LogP contribution in [-0.4, -0.2) is 24.1 Å². The third-order valence-electron chi connectivity index (χ3n) is 2.14. The molecule has 1 unspecified atom stereocenters. The summed E-state index contributed by atoms with van der Waals surface area (Å²) in [5, 5.41) is 4.29. The van der Waals surface area contributed by atoms with Crippen LogP contribution in [0.15, 0.2) is 29.3 Å². The molecule has 1 atom stereocenters. The number of anilines is 1. The van der Waals surface area contributed by atoms with Crippen molar-refractivity contribution in [2.24, 2.45) is 4.99 Å². The van der Waals surface area contributed by atoms with Crippen LogP contribution in [0.1, 0.15) is 6.92 Å². The van der Waals surface area contributed by atoms with Crippen LogP contribution < -0.4 is 10.1 Å². The van der Waals surface area contributed by atoms with Crippen LogP contribution >= 0.6 is 11.8 Å². The molecule has 1 N–H and O–H groups in total. The summed E-state index contributed by atoms with van der Waals surface area (Å²) < 4.78 is 5.09. The molecule has 80 valence electrons. The predicted molar refractivity (Wildman–Crippen MR) is 66.0 cm³/mol. The molecule has 1 aromatic rings. The van der Waals surface area contributed by atoms with Gasteiger partial charge in [-0.25, -0.2) is 0 Å². The Bertz CT molecular complexity index is 361. The minimum atomic E-state index is 0.427. The van der Waals surface area contributed by atoms with Crippen molar-refractivity contribution in [1.29, 1.82) is 0 Å². The van der Waals surface area contributed by atoms with Crippen LogP contribution in [0.2, 0.25) is 0 Å². The van der Waals surface area contributed by atoms with E-state index in [-0.39, 0.29) is 0 Å². The molecule has 2 rings (SSSR count). The lowest BCUT2D eigenvalue weighted by Crippen LogP contribution is -2.04. The summed E-state index contributed by atoms with van der Waals surface area (Å²) in [5.74, 6) is 1.94. The van der Waals surface area contributed by atoms with E-state index in [2.05, 4.69) is 17.2 Å². The van der Waals surface area contributed by atoms with Gasteiger partial charge in [0.25, 0.3) is 0 Å². The van der Waals surface area contributed by atoms with Crippen molar-refractivity contribution in [3.05, 3.63) is 24.3 Å². The molecule has 0 aliphatic carbocycles. The van der Waals surface area contributed by atoms with Gasteiger partial charge in [0.15, 0.2) is 5.17 Å². The molecule has 4 heteroatoms. The first-order valence-electron chi connectivity index (χ1n) is 4.89. The smallest absolute Gasteiger partial charge is 0.161 e. The molecule has 0 bridgehead atoms. The fraction of sp³-hybridized carbons (Fsp3) is 0.364. The van der Waals surface area contributed by atoms with E-state index in [4.69, 9.17) is 4.74 Å².